The second-order valence-corrected chi connectivity index (χ2v) is 6.50. The number of benzene rings is 1. The van der Waals surface area contributed by atoms with Gasteiger partial charge in [-0.1, -0.05) is 38.1 Å². The van der Waals surface area contributed by atoms with Crippen molar-refractivity contribution in [2.75, 3.05) is 19.6 Å². The molecule has 1 rings (SSSR count). The first-order valence-corrected chi connectivity index (χ1v) is 8.08. The lowest BCUT2D eigenvalue weighted by atomic mass is 10.0. The number of rotatable bonds is 8. The third kappa shape index (κ3) is 6.58. The Hall–Kier alpha value is -1.39. The number of carbonyl (C=O) groups excluding carboxylic acids is 1. The summed E-state index contributed by atoms with van der Waals surface area (Å²) in [6.45, 7) is 11.1. The minimum Gasteiger partial charge on any atom is -0.389 e. The van der Waals surface area contributed by atoms with Crippen LogP contribution in [0.3, 0.4) is 0 Å². The van der Waals surface area contributed by atoms with Gasteiger partial charge in [0.15, 0.2) is 0 Å². The predicted molar refractivity (Wildman–Crippen MR) is 90.8 cm³/mol. The van der Waals surface area contributed by atoms with Gasteiger partial charge in [-0.3, -0.25) is 9.69 Å². The Bertz CT molecular complexity index is 463. The number of hydrogen-bond acceptors (Lipinski definition) is 3. The molecule has 0 heterocycles. The number of nitrogens with one attached hydrogen (secondary N) is 1. The molecular weight excluding hydrogens is 276 g/mol. The first-order chi connectivity index (χ1) is 10.2. The zero-order valence-electron chi connectivity index (χ0n) is 14.5. The minimum absolute atomic E-state index is 0.0146. The summed E-state index contributed by atoms with van der Waals surface area (Å²) in [4.78, 5) is 14.1. The normalized spacial score (nSPS) is 13.2. The smallest absolute Gasteiger partial charge is 0.234 e. The van der Waals surface area contributed by atoms with Crippen LogP contribution in [0.25, 0.3) is 0 Å². The van der Waals surface area contributed by atoms with Gasteiger partial charge >= 0.3 is 0 Å². The molecule has 0 fully saturated rings. The van der Waals surface area contributed by atoms with E-state index in [1.807, 2.05) is 18.7 Å². The van der Waals surface area contributed by atoms with Crippen LogP contribution < -0.4 is 5.32 Å². The number of hydrogen-bond donors (Lipinski definition) is 2. The van der Waals surface area contributed by atoms with E-state index in [0.717, 1.165) is 18.5 Å². The maximum Gasteiger partial charge on any atom is 0.234 e. The van der Waals surface area contributed by atoms with Crippen LogP contribution in [0.2, 0.25) is 0 Å². The molecule has 0 aliphatic carbocycles. The number of amides is 1. The highest BCUT2D eigenvalue weighted by Crippen LogP contribution is 2.14. The lowest BCUT2D eigenvalue weighted by Crippen LogP contribution is -2.44. The molecule has 0 saturated carbocycles. The molecule has 0 radical (unpaired) electrons. The number of carbonyl (C=O) groups is 1. The largest absolute Gasteiger partial charge is 0.389 e. The molecule has 1 aromatic rings. The Morgan fingerprint density at radius 1 is 1.27 bits per heavy atom. The third-order valence-electron chi connectivity index (χ3n) is 3.69. The fraction of sp³-hybridized carbons (Fsp3) is 0.611. The van der Waals surface area contributed by atoms with E-state index in [4.69, 9.17) is 0 Å². The third-order valence-corrected chi connectivity index (χ3v) is 3.69. The molecule has 124 valence electrons. The van der Waals surface area contributed by atoms with Crippen molar-refractivity contribution >= 4 is 5.91 Å². The molecule has 22 heavy (non-hydrogen) atoms. The molecule has 4 heteroatoms. The summed E-state index contributed by atoms with van der Waals surface area (Å²) < 4.78 is 0. The van der Waals surface area contributed by atoms with Crippen molar-refractivity contribution in [1.82, 2.24) is 10.2 Å². The molecule has 0 saturated heterocycles. The molecule has 0 aromatic heterocycles. The Kier molecular flexibility index (Phi) is 7.04. The summed E-state index contributed by atoms with van der Waals surface area (Å²) in [5.74, 6) is -0.0156. The van der Waals surface area contributed by atoms with Crippen LogP contribution in [0.1, 0.15) is 51.8 Å². The second kappa shape index (κ2) is 8.30. The van der Waals surface area contributed by atoms with Gasteiger partial charge in [0, 0.05) is 6.54 Å². The van der Waals surface area contributed by atoms with E-state index in [2.05, 4.69) is 36.5 Å². The SMILES string of the molecule is CCc1ccc(C(C)NC(=O)CN(CC)CC(C)(C)O)cc1. The van der Waals surface area contributed by atoms with E-state index in [0.29, 0.717) is 13.1 Å². The summed E-state index contributed by atoms with van der Waals surface area (Å²) in [5.41, 5.74) is 1.61. The second-order valence-electron chi connectivity index (χ2n) is 6.50. The van der Waals surface area contributed by atoms with Crippen LogP contribution in [0.4, 0.5) is 0 Å². The van der Waals surface area contributed by atoms with Gasteiger partial charge in [0.2, 0.25) is 5.91 Å². The zero-order valence-corrected chi connectivity index (χ0v) is 14.5. The summed E-state index contributed by atoms with van der Waals surface area (Å²) in [6, 6.07) is 8.32. The number of nitrogens with zero attached hydrogens (tertiary/aromatic N) is 1. The lowest BCUT2D eigenvalue weighted by Gasteiger charge is -2.28. The van der Waals surface area contributed by atoms with E-state index < -0.39 is 5.60 Å². The van der Waals surface area contributed by atoms with Crippen molar-refractivity contribution in [3.8, 4) is 0 Å². The highest BCUT2D eigenvalue weighted by atomic mass is 16.3. The fourth-order valence-electron chi connectivity index (χ4n) is 2.44. The van der Waals surface area contributed by atoms with Crippen molar-refractivity contribution in [3.63, 3.8) is 0 Å². The van der Waals surface area contributed by atoms with E-state index in [1.165, 1.54) is 5.56 Å². The molecule has 4 nitrogen and oxygen atoms in total. The molecule has 1 aromatic carbocycles. The Morgan fingerprint density at radius 3 is 2.32 bits per heavy atom. The topological polar surface area (TPSA) is 52.6 Å². The van der Waals surface area contributed by atoms with Crippen molar-refractivity contribution < 1.29 is 9.90 Å². The molecule has 0 spiro atoms. The van der Waals surface area contributed by atoms with E-state index in [-0.39, 0.29) is 11.9 Å². The quantitative estimate of drug-likeness (QED) is 0.776. The number of likely N-dealkylation sites (N-methyl/N-ethyl adjacent to an activating group) is 1. The summed E-state index contributed by atoms with van der Waals surface area (Å²) in [6.07, 6.45) is 1.02. The summed E-state index contributed by atoms with van der Waals surface area (Å²) in [5, 5.41) is 12.9. The van der Waals surface area contributed by atoms with Crippen molar-refractivity contribution in [2.24, 2.45) is 0 Å². The molecule has 1 amide bonds. The van der Waals surface area contributed by atoms with E-state index >= 15 is 0 Å². The van der Waals surface area contributed by atoms with Gasteiger partial charge in [-0.15, -0.1) is 0 Å². The lowest BCUT2D eigenvalue weighted by molar-refractivity contribution is -0.123. The van der Waals surface area contributed by atoms with Gasteiger partial charge in [-0.25, -0.2) is 0 Å². The molecule has 2 N–H and O–H groups in total. The van der Waals surface area contributed by atoms with Crippen LogP contribution >= 0.6 is 0 Å². The average molecular weight is 306 g/mol. The van der Waals surface area contributed by atoms with Crippen LogP contribution in [-0.2, 0) is 11.2 Å². The molecular formula is C18H30N2O2. The maximum absolute atomic E-state index is 12.2. The van der Waals surface area contributed by atoms with Crippen LogP contribution in [-0.4, -0.2) is 41.1 Å². The Labute approximate surface area is 134 Å². The van der Waals surface area contributed by atoms with Gasteiger partial charge in [0.05, 0.1) is 18.2 Å². The van der Waals surface area contributed by atoms with Gasteiger partial charge < -0.3 is 10.4 Å². The highest BCUT2D eigenvalue weighted by molar-refractivity contribution is 5.78. The molecule has 1 atom stereocenters. The van der Waals surface area contributed by atoms with Crippen LogP contribution in [0.5, 0.6) is 0 Å². The van der Waals surface area contributed by atoms with Crippen LogP contribution in [0, 0.1) is 0 Å². The standard InChI is InChI=1S/C18H30N2O2/c1-6-15-8-10-16(11-9-15)14(3)19-17(21)12-20(7-2)13-18(4,5)22/h8-11,14,22H,6-7,12-13H2,1-5H3,(H,19,21). The first kappa shape index (κ1) is 18.7. The summed E-state index contributed by atoms with van der Waals surface area (Å²) in [7, 11) is 0. The zero-order chi connectivity index (χ0) is 16.8. The minimum atomic E-state index is -0.794. The first-order valence-electron chi connectivity index (χ1n) is 8.08. The van der Waals surface area contributed by atoms with Crippen molar-refractivity contribution in [2.45, 2.75) is 52.7 Å². The molecule has 1 unspecified atom stereocenters. The summed E-state index contributed by atoms with van der Waals surface area (Å²) >= 11 is 0. The average Bonchev–Trinajstić information content (AvgIpc) is 2.45. The Balaban J connectivity index is 2.55. The van der Waals surface area contributed by atoms with Gasteiger partial charge in [-0.05, 0) is 44.9 Å². The predicted octanol–water partition coefficient (Wildman–Crippen LogP) is 2.52. The molecule has 0 aliphatic rings. The fourth-order valence-corrected chi connectivity index (χ4v) is 2.44. The van der Waals surface area contributed by atoms with Gasteiger partial charge in [0.25, 0.3) is 0 Å². The molecule has 0 bridgehead atoms. The number of aliphatic hydroxyl groups is 1. The van der Waals surface area contributed by atoms with Crippen molar-refractivity contribution in [3.05, 3.63) is 35.4 Å². The van der Waals surface area contributed by atoms with Crippen LogP contribution in [0.15, 0.2) is 24.3 Å². The van der Waals surface area contributed by atoms with Gasteiger partial charge in [0.1, 0.15) is 0 Å². The maximum atomic E-state index is 12.2. The number of aryl methyl sites for hydroxylation is 1. The van der Waals surface area contributed by atoms with E-state index in [9.17, 15) is 9.90 Å². The monoisotopic (exact) mass is 306 g/mol. The van der Waals surface area contributed by atoms with E-state index in [1.54, 1.807) is 13.8 Å². The Morgan fingerprint density at radius 2 is 1.86 bits per heavy atom. The van der Waals surface area contributed by atoms with Crippen molar-refractivity contribution in [1.29, 1.82) is 0 Å². The molecule has 0 aliphatic heterocycles. The highest BCUT2D eigenvalue weighted by Gasteiger charge is 2.19. The van der Waals surface area contributed by atoms with Gasteiger partial charge in [-0.2, -0.15) is 0 Å².